The average Bonchev–Trinajstić information content (AvgIpc) is 2.45. The molecule has 0 aliphatic rings. The molecule has 2 amide bonds. The summed E-state index contributed by atoms with van der Waals surface area (Å²) in [7, 11) is 1.29. The fourth-order valence-corrected chi connectivity index (χ4v) is 1.74. The average molecular weight is 318 g/mol. The topological polar surface area (TPSA) is 81.4 Å². The maximum absolute atomic E-state index is 12.8. The molecule has 122 valence electrons. The number of hydrogen-bond acceptors (Lipinski definition) is 3. The number of amides is 2. The summed E-state index contributed by atoms with van der Waals surface area (Å²) < 4.78 is 43.1. The first-order chi connectivity index (χ1) is 10.0. The number of rotatable bonds is 5. The fourth-order valence-electron chi connectivity index (χ4n) is 1.74. The van der Waals surface area contributed by atoms with Crippen LogP contribution in [0, 0.1) is 0 Å². The van der Waals surface area contributed by atoms with Crippen LogP contribution in [0.3, 0.4) is 0 Å². The standard InChI is InChI=1S/C14H17F3N2O3/c1-8(22-3)11(20)19-13(2,12(18)21)9-5-4-6-10(7-9)14(15,16)17/h4-8H,1-3H3,(H2,18,21)(H,19,20)/t8-,13-/m1/s1. The number of alkyl halides is 3. The molecule has 1 aromatic rings. The highest BCUT2D eigenvalue weighted by Gasteiger charge is 2.38. The molecule has 0 fully saturated rings. The van der Waals surface area contributed by atoms with Crippen LogP contribution in [0.5, 0.6) is 0 Å². The molecule has 0 saturated carbocycles. The summed E-state index contributed by atoms with van der Waals surface area (Å²) in [5, 5.41) is 2.33. The van der Waals surface area contributed by atoms with Crippen molar-refractivity contribution in [2.24, 2.45) is 5.73 Å². The van der Waals surface area contributed by atoms with Crippen LogP contribution >= 0.6 is 0 Å². The van der Waals surface area contributed by atoms with E-state index in [1.807, 2.05) is 0 Å². The maximum Gasteiger partial charge on any atom is 0.416 e. The number of ether oxygens (including phenoxy) is 1. The van der Waals surface area contributed by atoms with Gasteiger partial charge < -0.3 is 15.8 Å². The van der Waals surface area contributed by atoms with Crippen LogP contribution in [0.4, 0.5) is 13.2 Å². The van der Waals surface area contributed by atoms with Crippen molar-refractivity contribution in [1.29, 1.82) is 0 Å². The largest absolute Gasteiger partial charge is 0.416 e. The molecule has 0 radical (unpaired) electrons. The summed E-state index contributed by atoms with van der Waals surface area (Å²) in [6.45, 7) is 2.67. The molecule has 22 heavy (non-hydrogen) atoms. The molecule has 8 heteroatoms. The lowest BCUT2D eigenvalue weighted by molar-refractivity contribution is -0.138. The van der Waals surface area contributed by atoms with E-state index in [1.165, 1.54) is 27.0 Å². The Kier molecular flexibility index (Phi) is 5.18. The van der Waals surface area contributed by atoms with Crippen LogP contribution in [-0.4, -0.2) is 25.0 Å². The zero-order valence-corrected chi connectivity index (χ0v) is 12.3. The van der Waals surface area contributed by atoms with Gasteiger partial charge in [-0.05, 0) is 31.5 Å². The Balaban J connectivity index is 3.26. The van der Waals surface area contributed by atoms with Crippen LogP contribution < -0.4 is 11.1 Å². The lowest BCUT2D eigenvalue weighted by Crippen LogP contribution is -2.55. The highest BCUT2D eigenvalue weighted by Crippen LogP contribution is 2.32. The minimum absolute atomic E-state index is 0.0634. The summed E-state index contributed by atoms with van der Waals surface area (Å²) in [5.41, 5.74) is 2.49. The van der Waals surface area contributed by atoms with Crippen LogP contribution in [0.25, 0.3) is 0 Å². The summed E-state index contributed by atoms with van der Waals surface area (Å²) in [5.74, 6) is -1.65. The molecule has 0 bridgehead atoms. The van der Waals surface area contributed by atoms with E-state index in [0.29, 0.717) is 0 Å². The minimum atomic E-state index is -4.57. The summed E-state index contributed by atoms with van der Waals surface area (Å²) in [4.78, 5) is 23.6. The number of primary amides is 1. The zero-order chi connectivity index (χ0) is 17.1. The van der Waals surface area contributed by atoms with Crippen LogP contribution in [0.1, 0.15) is 25.0 Å². The van der Waals surface area contributed by atoms with Gasteiger partial charge in [0.1, 0.15) is 11.6 Å². The first-order valence-electron chi connectivity index (χ1n) is 6.35. The normalized spacial score (nSPS) is 15.7. The molecule has 0 aromatic heterocycles. The molecule has 2 atom stereocenters. The number of carbonyl (C=O) groups is 2. The van der Waals surface area contributed by atoms with Crippen molar-refractivity contribution in [2.45, 2.75) is 31.7 Å². The number of carbonyl (C=O) groups excluding carboxylic acids is 2. The third kappa shape index (κ3) is 3.76. The highest BCUT2D eigenvalue weighted by molar-refractivity contribution is 5.92. The van der Waals surface area contributed by atoms with Crippen molar-refractivity contribution in [3.05, 3.63) is 35.4 Å². The predicted molar refractivity (Wildman–Crippen MR) is 72.6 cm³/mol. The van der Waals surface area contributed by atoms with Gasteiger partial charge in [-0.3, -0.25) is 9.59 Å². The number of hydrogen-bond donors (Lipinski definition) is 2. The predicted octanol–water partition coefficient (Wildman–Crippen LogP) is 1.56. The van der Waals surface area contributed by atoms with Crippen LogP contribution in [0.2, 0.25) is 0 Å². The first-order valence-corrected chi connectivity index (χ1v) is 6.35. The lowest BCUT2D eigenvalue weighted by atomic mass is 9.89. The number of methoxy groups -OCH3 is 1. The number of nitrogens with one attached hydrogen (secondary N) is 1. The molecule has 1 rings (SSSR count). The molecule has 0 aliphatic carbocycles. The van der Waals surface area contributed by atoms with Crippen molar-refractivity contribution < 1.29 is 27.5 Å². The van der Waals surface area contributed by atoms with Gasteiger partial charge in [-0.2, -0.15) is 13.2 Å². The Bertz CT molecular complexity index is 575. The van der Waals surface area contributed by atoms with Gasteiger partial charge in [0.15, 0.2) is 0 Å². The molecular weight excluding hydrogens is 301 g/mol. The molecule has 0 heterocycles. The third-order valence-corrected chi connectivity index (χ3v) is 3.36. The van der Waals surface area contributed by atoms with Crippen molar-refractivity contribution in [2.75, 3.05) is 7.11 Å². The number of nitrogens with two attached hydrogens (primary N) is 1. The van der Waals surface area contributed by atoms with E-state index in [2.05, 4.69) is 5.32 Å². The first kappa shape index (κ1) is 18.0. The molecule has 3 N–H and O–H groups in total. The van der Waals surface area contributed by atoms with Gasteiger partial charge >= 0.3 is 6.18 Å². The van der Waals surface area contributed by atoms with Crippen molar-refractivity contribution in [3.63, 3.8) is 0 Å². The van der Waals surface area contributed by atoms with Crippen LogP contribution in [-0.2, 0) is 26.0 Å². The molecular formula is C14H17F3N2O3. The lowest BCUT2D eigenvalue weighted by Gasteiger charge is -2.29. The molecule has 0 unspecified atom stereocenters. The van der Waals surface area contributed by atoms with E-state index in [9.17, 15) is 22.8 Å². The van der Waals surface area contributed by atoms with Gasteiger partial charge in [-0.15, -0.1) is 0 Å². The Morgan fingerprint density at radius 3 is 2.27 bits per heavy atom. The smallest absolute Gasteiger partial charge is 0.372 e. The molecule has 5 nitrogen and oxygen atoms in total. The van der Waals surface area contributed by atoms with E-state index >= 15 is 0 Å². The van der Waals surface area contributed by atoms with E-state index in [-0.39, 0.29) is 5.56 Å². The minimum Gasteiger partial charge on any atom is -0.372 e. The van der Waals surface area contributed by atoms with Gasteiger partial charge in [0.2, 0.25) is 11.8 Å². The zero-order valence-electron chi connectivity index (χ0n) is 12.3. The van der Waals surface area contributed by atoms with Crippen LogP contribution in [0.15, 0.2) is 24.3 Å². The van der Waals surface area contributed by atoms with Crippen molar-refractivity contribution >= 4 is 11.8 Å². The quantitative estimate of drug-likeness (QED) is 0.864. The SMILES string of the molecule is CO[C@H](C)C(=O)N[C@@](C)(C(N)=O)c1cccc(C(F)(F)F)c1. The van der Waals surface area contributed by atoms with Gasteiger partial charge in [0.05, 0.1) is 5.56 Å². The fraction of sp³-hybridized carbons (Fsp3) is 0.429. The number of benzene rings is 1. The number of halogens is 3. The Morgan fingerprint density at radius 2 is 1.82 bits per heavy atom. The Morgan fingerprint density at radius 1 is 1.27 bits per heavy atom. The molecule has 0 spiro atoms. The summed E-state index contributed by atoms with van der Waals surface area (Å²) >= 11 is 0. The summed E-state index contributed by atoms with van der Waals surface area (Å²) in [6.07, 6.45) is -5.46. The second-order valence-corrected chi connectivity index (χ2v) is 4.93. The van der Waals surface area contributed by atoms with Crippen molar-refractivity contribution in [1.82, 2.24) is 5.32 Å². The van der Waals surface area contributed by atoms with Gasteiger partial charge in [-0.25, -0.2) is 0 Å². The Labute approximate surface area is 125 Å². The van der Waals surface area contributed by atoms with E-state index in [1.54, 1.807) is 0 Å². The molecule has 0 aliphatic heterocycles. The molecule has 1 aromatic carbocycles. The highest BCUT2D eigenvalue weighted by atomic mass is 19.4. The van der Waals surface area contributed by atoms with Gasteiger partial charge in [-0.1, -0.05) is 12.1 Å². The monoisotopic (exact) mass is 318 g/mol. The van der Waals surface area contributed by atoms with Crippen molar-refractivity contribution in [3.8, 4) is 0 Å². The van der Waals surface area contributed by atoms with Gasteiger partial charge in [0, 0.05) is 7.11 Å². The second-order valence-electron chi connectivity index (χ2n) is 4.93. The molecule has 0 saturated heterocycles. The van der Waals surface area contributed by atoms with E-state index < -0.39 is 35.2 Å². The third-order valence-electron chi connectivity index (χ3n) is 3.36. The van der Waals surface area contributed by atoms with E-state index in [4.69, 9.17) is 10.5 Å². The Hall–Kier alpha value is -2.09. The summed E-state index contributed by atoms with van der Waals surface area (Å²) in [6, 6.07) is 4.08. The maximum atomic E-state index is 12.8. The second kappa shape index (κ2) is 6.35. The van der Waals surface area contributed by atoms with E-state index in [0.717, 1.165) is 18.2 Å². The van der Waals surface area contributed by atoms with Gasteiger partial charge in [0.25, 0.3) is 0 Å².